The molecule has 1 aromatic carbocycles. The van der Waals surface area contributed by atoms with Crippen LogP contribution in [0, 0.1) is 0 Å². The molecule has 0 atom stereocenters. The number of nitrogens with zero attached hydrogens (tertiary/aromatic N) is 3. The molecule has 3 rings (SSSR count). The van der Waals surface area contributed by atoms with Gasteiger partial charge in [-0.2, -0.15) is 5.10 Å². The molecule has 0 spiro atoms. The molecule has 5 heteroatoms. The van der Waals surface area contributed by atoms with Gasteiger partial charge in [0.25, 0.3) is 0 Å². The van der Waals surface area contributed by atoms with Crippen LogP contribution in [0.25, 0.3) is 11.3 Å². The summed E-state index contributed by atoms with van der Waals surface area (Å²) in [5, 5.41) is 13.6. The number of amides is 1. The lowest BCUT2D eigenvalue weighted by Gasteiger charge is -2.19. The summed E-state index contributed by atoms with van der Waals surface area (Å²) >= 11 is 0. The summed E-state index contributed by atoms with van der Waals surface area (Å²) < 4.78 is 1.94. The van der Waals surface area contributed by atoms with E-state index < -0.39 is 0 Å². The van der Waals surface area contributed by atoms with Crippen LogP contribution in [-0.2, 0) is 24.7 Å². The zero-order valence-corrected chi connectivity index (χ0v) is 12.8. The van der Waals surface area contributed by atoms with Crippen LogP contribution in [0.15, 0.2) is 30.3 Å². The first-order valence-corrected chi connectivity index (χ1v) is 7.69. The number of fused-ring (bicyclic) bond motifs is 1. The van der Waals surface area contributed by atoms with Crippen molar-refractivity contribution < 1.29 is 9.90 Å². The minimum atomic E-state index is -0.0842. The van der Waals surface area contributed by atoms with Gasteiger partial charge in [0.2, 0.25) is 5.91 Å². The molecule has 1 aliphatic rings. The van der Waals surface area contributed by atoms with Crippen molar-refractivity contribution in [1.29, 1.82) is 0 Å². The van der Waals surface area contributed by atoms with Crippen LogP contribution in [0.1, 0.15) is 17.7 Å². The fourth-order valence-corrected chi connectivity index (χ4v) is 3.11. The highest BCUT2D eigenvalue weighted by molar-refractivity contribution is 5.76. The minimum Gasteiger partial charge on any atom is -0.396 e. The lowest BCUT2D eigenvalue weighted by Crippen LogP contribution is -2.33. The number of aromatic nitrogens is 2. The number of rotatable bonds is 3. The number of carbonyl (C=O) groups excluding carboxylic acids is 1. The molecule has 0 saturated heterocycles. The molecular formula is C17H21N3O2. The average Bonchev–Trinajstić information content (AvgIpc) is 2.72. The quantitative estimate of drug-likeness (QED) is 0.932. The molecule has 22 heavy (non-hydrogen) atoms. The average molecular weight is 299 g/mol. The smallest absolute Gasteiger partial charge is 0.224 e. The molecule has 1 aliphatic heterocycles. The van der Waals surface area contributed by atoms with Crippen LogP contribution < -0.4 is 0 Å². The third-order valence-electron chi connectivity index (χ3n) is 4.25. The van der Waals surface area contributed by atoms with Crippen molar-refractivity contribution in [3.63, 3.8) is 0 Å². The zero-order valence-electron chi connectivity index (χ0n) is 12.8. The van der Waals surface area contributed by atoms with Gasteiger partial charge in [-0.3, -0.25) is 9.48 Å². The van der Waals surface area contributed by atoms with Crippen LogP contribution in [-0.4, -0.2) is 45.4 Å². The number of benzene rings is 1. The molecule has 0 unspecified atom stereocenters. The van der Waals surface area contributed by atoms with Crippen molar-refractivity contribution >= 4 is 5.91 Å². The van der Waals surface area contributed by atoms with E-state index in [1.807, 2.05) is 34.8 Å². The van der Waals surface area contributed by atoms with Crippen LogP contribution in [0.3, 0.4) is 0 Å². The molecule has 0 radical (unpaired) electrons. The standard InChI is InChI=1S/C17H21N3O2/c1-19-15-8-11-20(16(22)9-12-21)10-7-14(15)17(18-19)13-5-3-2-4-6-13/h2-6,21H,7-12H2,1H3. The first-order valence-electron chi connectivity index (χ1n) is 7.69. The van der Waals surface area contributed by atoms with Gasteiger partial charge >= 0.3 is 0 Å². The van der Waals surface area contributed by atoms with Crippen molar-refractivity contribution in [1.82, 2.24) is 14.7 Å². The highest BCUT2D eigenvalue weighted by Gasteiger charge is 2.24. The van der Waals surface area contributed by atoms with Gasteiger partial charge in [0, 0.05) is 49.8 Å². The van der Waals surface area contributed by atoms with E-state index in [0.717, 1.165) is 24.1 Å². The van der Waals surface area contributed by atoms with Crippen molar-refractivity contribution in [3.05, 3.63) is 41.6 Å². The third kappa shape index (κ3) is 2.76. The van der Waals surface area contributed by atoms with Crippen LogP contribution in [0.2, 0.25) is 0 Å². The summed E-state index contributed by atoms with van der Waals surface area (Å²) in [4.78, 5) is 13.9. The molecule has 116 valence electrons. The first kappa shape index (κ1) is 14.8. The summed E-state index contributed by atoms with van der Waals surface area (Å²) in [7, 11) is 1.97. The fraction of sp³-hybridized carbons (Fsp3) is 0.412. The van der Waals surface area contributed by atoms with E-state index in [2.05, 4.69) is 17.2 Å². The summed E-state index contributed by atoms with van der Waals surface area (Å²) in [6, 6.07) is 10.2. The van der Waals surface area contributed by atoms with Crippen LogP contribution in [0.5, 0.6) is 0 Å². The summed E-state index contributed by atoms with van der Waals surface area (Å²) in [6.07, 6.45) is 1.83. The van der Waals surface area contributed by atoms with Gasteiger partial charge in [0.1, 0.15) is 0 Å². The maximum atomic E-state index is 12.0. The van der Waals surface area contributed by atoms with Gasteiger partial charge in [-0.25, -0.2) is 0 Å². The fourth-order valence-electron chi connectivity index (χ4n) is 3.11. The second-order valence-corrected chi connectivity index (χ2v) is 5.62. The maximum Gasteiger partial charge on any atom is 0.224 e. The normalized spacial score (nSPS) is 14.5. The van der Waals surface area contributed by atoms with E-state index in [-0.39, 0.29) is 18.9 Å². The molecule has 2 heterocycles. The third-order valence-corrected chi connectivity index (χ3v) is 4.25. The Bertz CT molecular complexity index is 664. The maximum absolute atomic E-state index is 12.0. The van der Waals surface area contributed by atoms with Gasteiger partial charge in [0.05, 0.1) is 12.3 Å². The number of hydrogen-bond donors (Lipinski definition) is 1. The van der Waals surface area contributed by atoms with Crippen LogP contribution in [0.4, 0.5) is 0 Å². The summed E-state index contributed by atoms with van der Waals surface area (Å²) in [5.74, 6) is 0.0320. The van der Waals surface area contributed by atoms with Crippen molar-refractivity contribution in [2.45, 2.75) is 19.3 Å². The van der Waals surface area contributed by atoms with E-state index in [1.165, 1.54) is 11.3 Å². The van der Waals surface area contributed by atoms with E-state index in [4.69, 9.17) is 5.11 Å². The highest BCUT2D eigenvalue weighted by Crippen LogP contribution is 2.27. The molecule has 1 aromatic heterocycles. The minimum absolute atomic E-state index is 0.0320. The molecule has 0 fully saturated rings. The summed E-state index contributed by atoms with van der Waals surface area (Å²) in [6.45, 7) is 1.30. The molecule has 0 aliphatic carbocycles. The Hall–Kier alpha value is -2.14. The van der Waals surface area contributed by atoms with Crippen LogP contribution >= 0.6 is 0 Å². The molecule has 0 saturated carbocycles. The molecular weight excluding hydrogens is 278 g/mol. The Labute approximate surface area is 130 Å². The Balaban J connectivity index is 1.88. The van der Waals surface area contributed by atoms with Gasteiger partial charge in [-0.05, 0) is 6.42 Å². The molecule has 1 N–H and O–H groups in total. The number of aliphatic hydroxyl groups is 1. The Morgan fingerprint density at radius 3 is 2.68 bits per heavy atom. The molecule has 2 aromatic rings. The van der Waals surface area contributed by atoms with Crippen molar-refractivity contribution in [3.8, 4) is 11.3 Å². The van der Waals surface area contributed by atoms with E-state index >= 15 is 0 Å². The molecule has 0 bridgehead atoms. The second-order valence-electron chi connectivity index (χ2n) is 5.62. The number of aliphatic hydroxyl groups excluding tert-OH is 1. The van der Waals surface area contributed by atoms with Crippen molar-refractivity contribution in [2.24, 2.45) is 7.05 Å². The lowest BCUT2D eigenvalue weighted by atomic mass is 10.0. The predicted molar refractivity (Wildman–Crippen MR) is 84.3 cm³/mol. The number of carbonyl (C=O) groups is 1. The highest BCUT2D eigenvalue weighted by atomic mass is 16.3. The van der Waals surface area contributed by atoms with Gasteiger partial charge in [0.15, 0.2) is 0 Å². The Morgan fingerprint density at radius 1 is 1.23 bits per heavy atom. The number of hydrogen-bond acceptors (Lipinski definition) is 3. The van der Waals surface area contributed by atoms with E-state index in [9.17, 15) is 4.79 Å². The monoisotopic (exact) mass is 299 g/mol. The van der Waals surface area contributed by atoms with E-state index in [1.54, 1.807) is 0 Å². The Morgan fingerprint density at radius 2 is 1.95 bits per heavy atom. The molecule has 5 nitrogen and oxygen atoms in total. The predicted octanol–water partition coefficient (Wildman–Crippen LogP) is 1.40. The topological polar surface area (TPSA) is 58.4 Å². The largest absolute Gasteiger partial charge is 0.396 e. The van der Waals surface area contributed by atoms with Crippen molar-refractivity contribution in [2.75, 3.05) is 19.7 Å². The number of aryl methyl sites for hydroxylation is 1. The molecule has 1 amide bonds. The lowest BCUT2D eigenvalue weighted by molar-refractivity contribution is -0.131. The van der Waals surface area contributed by atoms with Gasteiger partial charge < -0.3 is 10.0 Å². The zero-order chi connectivity index (χ0) is 15.5. The van der Waals surface area contributed by atoms with Gasteiger partial charge in [-0.1, -0.05) is 30.3 Å². The SMILES string of the molecule is Cn1nc(-c2ccccc2)c2c1CCN(C(=O)CCO)CC2. The summed E-state index contributed by atoms with van der Waals surface area (Å²) in [5.41, 5.74) is 4.59. The Kier molecular flexibility index (Phi) is 4.24. The van der Waals surface area contributed by atoms with Gasteiger partial charge in [-0.15, -0.1) is 0 Å². The first-order chi connectivity index (χ1) is 10.7. The van der Waals surface area contributed by atoms with E-state index in [0.29, 0.717) is 13.1 Å². The second kappa shape index (κ2) is 6.32.